The standard InChI is InChI=1S/C12H17F2NO/c1-8(15-3)6-9(2)16-12-5-4-10(13)7-11(12)14/h4-5,7-9,15H,6H2,1-3H3. The van der Waals surface area contributed by atoms with Crippen LogP contribution in [0.5, 0.6) is 5.75 Å². The summed E-state index contributed by atoms with van der Waals surface area (Å²) in [5.74, 6) is -1.16. The van der Waals surface area contributed by atoms with Crippen LogP contribution in [0.2, 0.25) is 0 Å². The van der Waals surface area contributed by atoms with Crippen molar-refractivity contribution in [2.24, 2.45) is 0 Å². The fourth-order valence-corrected chi connectivity index (χ4v) is 1.45. The van der Waals surface area contributed by atoms with Crippen LogP contribution in [0.25, 0.3) is 0 Å². The maximum Gasteiger partial charge on any atom is 0.167 e. The maximum atomic E-state index is 13.2. The van der Waals surface area contributed by atoms with E-state index < -0.39 is 11.6 Å². The summed E-state index contributed by atoms with van der Waals surface area (Å²) in [4.78, 5) is 0. The Balaban J connectivity index is 2.59. The van der Waals surface area contributed by atoms with Crippen LogP contribution in [0.3, 0.4) is 0 Å². The predicted molar refractivity (Wildman–Crippen MR) is 59.6 cm³/mol. The lowest BCUT2D eigenvalue weighted by Crippen LogP contribution is -2.28. The van der Waals surface area contributed by atoms with Gasteiger partial charge in [0.2, 0.25) is 0 Å². The van der Waals surface area contributed by atoms with Crippen LogP contribution in [-0.4, -0.2) is 19.2 Å². The minimum atomic E-state index is -0.663. The van der Waals surface area contributed by atoms with Crippen LogP contribution < -0.4 is 10.1 Å². The second-order valence-corrected chi connectivity index (χ2v) is 3.93. The van der Waals surface area contributed by atoms with Gasteiger partial charge in [0.05, 0.1) is 6.10 Å². The number of benzene rings is 1. The molecule has 1 aromatic rings. The van der Waals surface area contributed by atoms with Crippen molar-refractivity contribution in [3.63, 3.8) is 0 Å². The zero-order chi connectivity index (χ0) is 12.1. The highest BCUT2D eigenvalue weighted by Gasteiger charge is 2.11. The molecule has 2 unspecified atom stereocenters. The molecule has 2 nitrogen and oxygen atoms in total. The SMILES string of the molecule is CNC(C)CC(C)Oc1ccc(F)cc1F. The summed E-state index contributed by atoms with van der Waals surface area (Å²) in [6, 6.07) is 3.61. The molecular weight excluding hydrogens is 212 g/mol. The Labute approximate surface area is 94.6 Å². The predicted octanol–water partition coefficient (Wildman–Crippen LogP) is 2.73. The zero-order valence-electron chi connectivity index (χ0n) is 9.76. The van der Waals surface area contributed by atoms with E-state index in [0.29, 0.717) is 6.04 Å². The van der Waals surface area contributed by atoms with Crippen molar-refractivity contribution in [3.8, 4) is 5.75 Å². The lowest BCUT2D eigenvalue weighted by atomic mass is 10.1. The highest BCUT2D eigenvalue weighted by atomic mass is 19.1. The van der Waals surface area contributed by atoms with Gasteiger partial charge in [0.15, 0.2) is 11.6 Å². The molecule has 0 saturated heterocycles. The summed E-state index contributed by atoms with van der Waals surface area (Å²) in [7, 11) is 1.86. The van der Waals surface area contributed by atoms with Crippen LogP contribution in [-0.2, 0) is 0 Å². The average molecular weight is 229 g/mol. The van der Waals surface area contributed by atoms with E-state index in [0.717, 1.165) is 12.5 Å². The zero-order valence-corrected chi connectivity index (χ0v) is 9.76. The summed E-state index contributed by atoms with van der Waals surface area (Å²) < 4.78 is 31.3. The minimum absolute atomic E-state index is 0.0946. The molecule has 90 valence electrons. The summed E-state index contributed by atoms with van der Waals surface area (Å²) in [5, 5.41) is 3.07. The molecule has 0 aliphatic rings. The Morgan fingerprint density at radius 2 is 2.00 bits per heavy atom. The lowest BCUT2D eigenvalue weighted by molar-refractivity contribution is 0.189. The molecule has 0 heterocycles. The molecule has 0 aliphatic carbocycles. The van der Waals surface area contributed by atoms with Crippen molar-refractivity contribution >= 4 is 0 Å². The van der Waals surface area contributed by atoms with Gasteiger partial charge in [-0.3, -0.25) is 0 Å². The van der Waals surface area contributed by atoms with Gasteiger partial charge < -0.3 is 10.1 Å². The highest BCUT2D eigenvalue weighted by Crippen LogP contribution is 2.19. The fraction of sp³-hybridized carbons (Fsp3) is 0.500. The molecule has 0 saturated carbocycles. The fourth-order valence-electron chi connectivity index (χ4n) is 1.45. The number of nitrogens with one attached hydrogen (secondary N) is 1. The first-order valence-corrected chi connectivity index (χ1v) is 5.32. The monoisotopic (exact) mass is 229 g/mol. The number of halogens is 2. The van der Waals surface area contributed by atoms with Crippen LogP contribution in [0.15, 0.2) is 18.2 Å². The van der Waals surface area contributed by atoms with Crippen LogP contribution in [0, 0.1) is 11.6 Å². The molecule has 1 N–H and O–H groups in total. The first-order chi connectivity index (χ1) is 7.52. The van der Waals surface area contributed by atoms with Gasteiger partial charge in [-0.2, -0.15) is 0 Å². The molecule has 4 heteroatoms. The van der Waals surface area contributed by atoms with Crippen molar-refractivity contribution < 1.29 is 13.5 Å². The van der Waals surface area contributed by atoms with E-state index in [2.05, 4.69) is 5.32 Å². The van der Waals surface area contributed by atoms with Crippen molar-refractivity contribution in [1.29, 1.82) is 0 Å². The third-order valence-corrected chi connectivity index (χ3v) is 2.40. The maximum absolute atomic E-state index is 13.2. The third kappa shape index (κ3) is 3.77. The van der Waals surface area contributed by atoms with E-state index in [1.165, 1.54) is 12.1 Å². The van der Waals surface area contributed by atoms with E-state index in [9.17, 15) is 8.78 Å². The molecule has 1 rings (SSSR count). The first-order valence-electron chi connectivity index (χ1n) is 5.32. The number of hydrogen-bond donors (Lipinski definition) is 1. The first kappa shape index (κ1) is 12.9. The third-order valence-electron chi connectivity index (χ3n) is 2.40. The Hall–Kier alpha value is -1.16. The largest absolute Gasteiger partial charge is 0.488 e. The van der Waals surface area contributed by atoms with E-state index in [1.54, 1.807) is 0 Å². The lowest BCUT2D eigenvalue weighted by Gasteiger charge is -2.18. The summed E-state index contributed by atoms with van der Waals surface area (Å²) in [5.41, 5.74) is 0. The normalized spacial score (nSPS) is 14.6. The van der Waals surface area contributed by atoms with E-state index in [-0.39, 0.29) is 11.9 Å². The van der Waals surface area contributed by atoms with Gasteiger partial charge >= 0.3 is 0 Å². The van der Waals surface area contributed by atoms with Gasteiger partial charge in [-0.1, -0.05) is 0 Å². The average Bonchev–Trinajstić information content (AvgIpc) is 2.22. The van der Waals surface area contributed by atoms with Crippen molar-refractivity contribution in [1.82, 2.24) is 5.32 Å². The Morgan fingerprint density at radius 3 is 2.56 bits per heavy atom. The van der Waals surface area contributed by atoms with Crippen LogP contribution >= 0.6 is 0 Å². The number of hydrogen-bond acceptors (Lipinski definition) is 2. The van der Waals surface area contributed by atoms with Gasteiger partial charge in [0.1, 0.15) is 5.82 Å². The minimum Gasteiger partial charge on any atom is -0.488 e. The van der Waals surface area contributed by atoms with Crippen molar-refractivity contribution in [2.45, 2.75) is 32.4 Å². The molecule has 2 atom stereocenters. The summed E-state index contributed by atoms with van der Waals surface area (Å²) in [6.45, 7) is 3.87. The van der Waals surface area contributed by atoms with E-state index in [4.69, 9.17) is 4.74 Å². The molecule has 0 radical (unpaired) electrons. The Morgan fingerprint density at radius 1 is 1.31 bits per heavy atom. The van der Waals surface area contributed by atoms with Crippen LogP contribution in [0.4, 0.5) is 8.78 Å². The van der Waals surface area contributed by atoms with Gasteiger partial charge in [-0.15, -0.1) is 0 Å². The summed E-state index contributed by atoms with van der Waals surface area (Å²) >= 11 is 0. The molecule has 0 amide bonds. The van der Waals surface area contributed by atoms with Gasteiger partial charge in [-0.05, 0) is 39.4 Å². The summed E-state index contributed by atoms with van der Waals surface area (Å²) in [6.07, 6.45) is 0.634. The second-order valence-electron chi connectivity index (χ2n) is 3.93. The smallest absolute Gasteiger partial charge is 0.167 e. The van der Waals surface area contributed by atoms with Crippen molar-refractivity contribution in [2.75, 3.05) is 7.05 Å². The number of rotatable bonds is 5. The molecular formula is C12H17F2NO. The quantitative estimate of drug-likeness (QED) is 0.838. The Bertz CT molecular complexity index is 344. The second kappa shape index (κ2) is 5.80. The van der Waals surface area contributed by atoms with Crippen molar-refractivity contribution in [3.05, 3.63) is 29.8 Å². The number of ether oxygens (including phenoxy) is 1. The van der Waals surface area contributed by atoms with Gasteiger partial charge in [-0.25, -0.2) is 8.78 Å². The van der Waals surface area contributed by atoms with E-state index in [1.807, 2.05) is 20.9 Å². The van der Waals surface area contributed by atoms with E-state index >= 15 is 0 Å². The molecule has 0 aliphatic heterocycles. The molecule has 0 bridgehead atoms. The topological polar surface area (TPSA) is 21.3 Å². The molecule has 1 aromatic carbocycles. The molecule has 0 aromatic heterocycles. The molecule has 0 spiro atoms. The highest BCUT2D eigenvalue weighted by molar-refractivity contribution is 5.24. The van der Waals surface area contributed by atoms with Crippen LogP contribution in [0.1, 0.15) is 20.3 Å². The van der Waals surface area contributed by atoms with Gasteiger partial charge in [0.25, 0.3) is 0 Å². The molecule has 0 fully saturated rings. The Kier molecular flexibility index (Phi) is 4.68. The molecule has 16 heavy (non-hydrogen) atoms. The van der Waals surface area contributed by atoms with Gasteiger partial charge in [0, 0.05) is 12.1 Å².